The van der Waals surface area contributed by atoms with Gasteiger partial charge in [-0.05, 0) is 76.0 Å². The number of carbonyl (C=O) groups excluding carboxylic acids is 7. The topological polar surface area (TPSA) is 199 Å². The molecule has 4 aliphatic heterocycles. The number of cyclic esters (lactones) is 1. The molecular weight excluding hydrogens is 708 g/mol. The molecule has 4 aliphatic rings. The van der Waals surface area contributed by atoms with Gasteiger partial charge in [-0.15, -0.1) is 0 Å². The Labute approximate surface area is 320 Å². The van der Waals surface area contributed by atoms with E-state index in [1.165, 1.54) is 27.8 Å². The van der Waals surface area contributed by atoms with E-state index in [0.29, 0.717) is 45.1 Å². The van der Waals surface area contributed by atoms with Gasteiger partial charge in [-0.2, -0.15) is 0 Å². The molecule has 0 bridgehead atoms. The van der Waals surface area contributed by atoms with Crippen molar-refractivity contribution < 1.29 is 38.3 Å². The van der Waals surface area contributed by atoms with E-state index in [9.17, 15) is 33.6 Å². The van der Waals surface area contributed by atoms with Crippen molar-refractivity contribution in [1.29, 1.82) is 0 Å². The van der Waals surface area contributed by atoms with Crippen molar-refractivity contribution in [2.45, 2.75) is 108 Å². The number of fused-ring (bicyclic) bond motifs is 3. The Kier molecular flexibility index (Phi) is 12.3. The van der Waals surface area contributed by atoms with Gasteiger partial charge in [0.25, 0.3) is 0 Å². The molecule has 0 aliphatic carbocycles. The Morgan fingerprint density at radius 2 is 1.55 bits per heavy atom. The first-order valence-corrected chi connectivity index (χ1v) is 19.2. The number of anilines is 1. The lowest BCUT2D eigenvalue weighted by Crippen LogP contribution is -2.63. The molecule has 0 spiro atoms. The van der Waals surface area contributed by atoms with E-state index in [4.69, 9.17) is 4.74 Å². The highest BCUT2D eigenvalue weighted by Gasteiger charge is 2.47. The van der Waals surface area contributed by atoms with Crippen molar-refractivity contribution in [2.75, 3.05) is 25.0 Å². The van der Waals surface area contributed by atoms with Crippen LogP contribution in [0.1, 0.15) is 64.9 Å². The highest BCUT2D eigenvalue weighted by atomic mass is 16.5. The largest absolute Gasteiger partial charge is 0.458 e. The van der Waals surface area contributed by atoms with Gasteiger partial charge in [-0.3, -0.25) is 29.3 Å². The van der Waals surface area contributed by atoms with Crippen LogP contribution in [0.2, 0.25) is 0 Å². The van der Waals surface area contributed by atoms with Crippen LogP contribution in [-0.4, -0.2) is 123 Å². The van der Waals surface area contributed by atoms with Crippen LogP contribution in [0.25, 0.3) is 0 Å². The molecule has 5 heterocycles. The standard InChI is InChI=1S/C39H50N8O8/c1-23-20-30-38(53)55-25(3)32(44-33(48)27(21-26-12-5-4-6-13-26)42-39(54)43-31-16-7-9-17-40-31)37(52)46-19-11-15-29(46)36(51)45-18-10-8-14-28(45)34(49)41-24(2)35(50)47(30)22-23/h4-7,9,12-13,16-17,23-25,27-30,32H,8,10-11,14-15,18-22H2,1-3H3,(H,41,49)(H,44,48)(H2,40,42,43,54)/t23-,24+,25+,27+,28+,29+,30+,32+/m1/s1. The fraction of sp³-hybridized carbons (Fsp3) is 0.538. The number of pyridine rings is 1. The first-order valence-electron chi connectivity index (χ1n) is 19.2. The molecular formula is C39H50N8O8. The third-order valence-corrected chi connectivity index (χ3v) is 10.9. The molecule has 55 heavy (non-hydrogen) atoms. The van der Waals surface area contributed by atoms with Crippen molar-refractivity contribution in [3.63, 3.8) is 0 Å². The summed E-state index contributed by atoms with van der Waals surface area (Å²) in [6.07, 6.45) is 3.22. The molecule has 0 unspecified atom stereocenters. The molecule has 16 heteroatoms. The maximum Gasteiger partial charge on any atom is 0.329 e. The lowest BCUT2D eigenvalue weighted by Gasteiger charge is -2.39. The minimum absolute atomic E-state index is 0.0514. The molecule has 4 N–H and O–H groups in total. The molecule has 1 aromatic heterocycles. The maximum absolute atomic E-state index is 14.7. The Morgan fingerprint density at radius 3 is 2.29 bits per heavy atom. The number of carbonyl (C=O) groups is 7. The van der Waals surface area contributed by atoms with Gasteiger partial charge in [-0.25, -0.2) is 14.6 Å². The Hall–Kier alpha value is -5.54. The van der Waals surface area contributed by atoms with Gasteiger partial charge >= 0.3 is 12.0 Å². The second kappa shape index (κ2) is 17.3. The smallest absolute Gasteiger partial charge is 0.329 e. The number of esters is 1. The van der Waals surface area contributed by atoms with E-state index in [1.807, 2.05) is 13.0 Å². The van der Waals surface area contributed by atoms with Gasteiger partial charge < -0.3 is 35.4 Å². The zero-order valence-electron chi connectivity index (χ0n) is 31.4. The average molecular weight is 759 g/mol. The molecule has 0 saturated carbocycles. The molecule has 294 valence electrons. The average Bonchev–Trinajstić information content (AvgIpc) is 3.83. The summed E-state index contributed by atoms with van der Waals surface area (Å²) in [4.78, 5) is 106. The molecule has 4 saturated heterocycles. The maximum atomic E-state index is 14.7. The third kappa shape index (κ3) is 9.06. The normalized spacial score (nSPS) is 28.3. The summed E-state index contributed by atoms with van der Waals surface area (Å²) in [5.74, 6) is -3.26. The first-order chi connectivity index (χ1) is 26.4. The highest BCUT2D eigenvalue weighted by Crippen LogP contribution is 2.28. The Morgan fingerprint density at radius 1 is 0.836 bits per heavy atom. The lowest BCUT2D eigenvalue weighted by atomic mass is 9.99. The number of benzene rings is 1. The van der Waals surface area contributed by atoms with Crippen LogP contribution in [0.5, 0.6) is 0 Å². The monoisotopic (exact) mass is 758 g/mol. The van der Waals surface area contributed by atoms with Crippen LogP contribution in [0.15, 0.2) is 54.7 Å². The molecule has 1 aromatic carbocycles. The van der Waals surface area contributed by atoms with Crippen LogP contribution in [0.4, 0.5) is 10.6 Å². The number of rotatable bonds is 6. The quantitative estimate of drug-likeness (QED) is 0.314. The first kappa shape index (κ1) is 39.2. The van der Waals surface area contributed by atoms with Crippen LogP contribution in [0, 0.1) is 5.92 Å². The minimum atomic E-state index is -1.47. The number of ether oxygens (including phenoxy) is 1. The van der Waals surface area contributed by atoms with Crippen LogP contribution >= 0.6 is 0 Å². The molecule has 2 aromatic rings. The zero-order chi connectivity index (χ0) is 39.2. The summed E-state index contributed by atoms with van der Waals surface area (Å²) in [7, 11) is 0. The molecule has 8 atom stereocenters. The van der Waals surface area contributed by atoms with E-state index in [-0.39, 0.29) is 31.2 Å². The number of nitrogens with one attached hydrogen (secondary N) is 4. The molecule has 16 nitrogen and oxygen atoms in total. The summed E-state index contributed by atoms with van der Waals surface area (Å²) in [5, 5.41) is 10.9. The highest BCUT2D eigenvalue weighted by molar-refractivity contribution is 5.98. The summed E-state index contributed by atoms with van der Waals surface area (Å²) >= 11 is 0. The van der Waals surface area contributed by atoms with E-state index in [1.54, 1.807) is 49.4 Å². The molecule has 4 fully saturated rings. The van der Waals surface area contributed by atoms with Crippen molar-refractivity contribution in [3.8, 4) is 0 Å². The SMILES string of the molecule is C[C@@H]1C[C@H]2C(=O)O[C@@H](C)[C@H](NC(=O)[C@H](Cc3ccccc3)NC(=O)Nc3ccccn3)C(=O)N3CCC[C@H]3C(=O)N3CCCC[C@H]3C(=O)N[C@@H](C)C(=O)N2C1. The molecule has 7 amide bonds. The van der Waals surface area contributed by atoms with Gasteiger partial charge in [0.1, 0.15) is 48.2 Å². The molecule has 0 radical (unpaired) electrons. The van der Waals surface area contributed by atoms with Gasteiger partial charge in [0.05, 0.1) is 0 Å². The van der Waals surface area contributed by atoms with Crippen LogP contribution in [0.3, 0.4) is 0 Å². The summed E-state index contributed by atoms with van der Waals surface area (Å²) in [6.45, 7) is 5.71. The van der Waals surface area contributed by atoms with Gasteiger partial charge in [0.2, 0.25) is 29.5 Å². The Bertz CT molecular complexity index is 1760. The number of amides is 7. The van der Waals surface area contributed by atoms with Crippen molar-refractivity contribution >= 4 is 47.4 Å². The number of aromatic nitrogens is 1. The number of hydrogen-bond donors (Lipinski definition) is 4. The zero-order valence-corrected chi connectivity index (χ0v) is 31.4. The second-order valence-corrected chi connectivity index (χ2v) is 15.0. The second-order valence-electron chi connectivity index (χ2n) is 15.0. The fourth-order valence-electron chi connectivity index (χ4n) is 8.03. The number of urea groups is 1. The van der Waals surface area contributed by atoms with Crippen LogP contribution in [-0.2, 0) is 39.9 Å². The van der Waals surface area contributed by atoms with Crippen molar-refractivity contribution in [1.82, 2.24) is 35.6 Å². The van der Waals surface area contributed by atoms with E-state index < -0.39 is 83.9 Å². The summed E-state index contributed by atoms with van der Waals surface area (Å²) < 4.78 is 5.94. The van der Waals surface area contributed by atoms with Crippen molar-refractivity contribution in [3.05, 3.63) is 60.3 Å². The fourth-order valence-corrected chi connectivity index (χ4v) is 8.03. The lowest BCUT2D eigenvalue weighted by molar-refractivity contribution is -0.163. The van der Waals surface area contributed by atoms with Gasteiger partial charge in [0.15, 0.2) is 0 Å². The van der Waals surface area contributed by atoms with Crippen LogP contribution < -0.4 is 21.3 Å². The third-order valence-electron chi connectivity index (χ3n) is 10.9. The summed E-state index contributed by atoms with van der Waals surface area (Å²) in [6, 6.07) is 6.88. The van der Waals surface area contributed by atoms with Gasteiger partial charge in [-0.1, -0.05) is 43.3 Å². The summed E-state index contributed by atoms with van der Waals surface area (Å²) in [5.41, 5.74) is 0.726. The van der Waals surface area contributed by atoms with E-state index in [2.05, 4.69) is 26.3 Å². The van der Waals surface area contributed by atoms with E-state index in [0.717, 1.165) is 5.56 Å². The predicted molar refractivity (Wildman–Crippen MR) is 199 cm³/mol. The molecule has 6 rings (SSSR count). The number of hydrogen-bond acceptors (Lipinski definition) is 9. The van der Waals surface area contributed by atoms with Crippen molar-refractivity contribution in [2.24, 2.45) is 5.92 Å². The Balaban J connectivity index is 1.32. The predicted octanol–water partition coefficient (Wildman–Crippen LogP) is 1.36. The number of piperidine rings is 1. The number of nitrogens with zero attached hydrogens (tertiary/aromatic N) is 4. The minimum Gasteiger partial charge on any atom is -0.458 e. The van der Waals surface area contributed by atoms with E-state index >= 15 is 0 Å². The van der Waals surface area contributed by atoms with Gasteiger partial charge in [0, 0.05) is 32.3 Å².